The van der Waals surface area contributed by atoms with Gasteiger partial charge in [-0.3, -0.25) is 4.79 Å². The lowest BCUT2D eigenvalue weighted by Gasteiger charge is -2.11. The first-order valence-corrected chi connectivity index (χ1v) is 10.2. The third-order valence-electron chi connectivity index (χ3n) is 4.19. The average Bonchev–Trinajstić information content (AvgIpc) is 3.13. The third kappa shape index (κ3) is 4.96. The number of methoxy groups -OCH3 is 1. The van der Waals surface area contributed by atoms with Crippen molar-refractivity contribution in [2.24, 2.45) is 0 Å². The van der Waals surface area contributed by atoms with Crippen LogP contribution in [-0.2, 0) is 16.0 Å². The van der Waals surface area contributed by atoms with Gasteiger partial charge in [-0.25, -0.2) is 9.18 Å². The molecule has 0 aliphatic heterocycles. The highest BCUT2D eigenvalue weighted by atomic mass is 35.5. The summed E-state index contributed by atoms with van der Waals surface area (Å²) in [5.74, 6) is -1.50. The number of carbonyl (C=O) groups is 2. The highest BCUT2D eigenvalue weighted by Gasteiger charge is 2.25. The average molecular weight is 452 g/mol. The maximum absolute atomic E-state index is 14.5. The number of ether oxygens (including phenoxy) is 1. The van der Waals surface area contributed by atoms with Gasteiger partial charge in [0, 0.05) is 21.8 Å². The lowest BCUT2D eigenvalue weighted by molar-refractivity contribution is -0.120. The van der Waals surface area contributed by atoms with Crippen molar-refractivity contribution in [3.63, 3.8) is 0 Å². The number of carbonyl (C=O) groups excluding carboxylic acids is 2. The van der Waals surface area contributed by atoms with E-state index in [0.717, 1.165) is 5.56 Å². The third-order valence-corrected chi connectivity index (χ3v) is 5.84. The summed E-state index contributed by atoms with van der Waals surface area (Å²) in [5, 5.41) is 5.01. The molecule has 0 fully saturated rings. The van der Waals surface area contributed by atoms with Gasteiger partial charge in [-0.15, -0.1) is 11.3 Å². The zero-order valence-electron chi connectivity index (χ0n) is 15.2. The molecule has 1 atom stereocenters. The maximum atomic E-state index is 14.5. The van der Waals surface area contributed by atoms with Crippen LogP contribution in [0.15, 0.2) is 53.9 Å². The molecule has 2 aromatic carbocycles. The fraction of sp³-hybridized carbons (Fsp3) is 0.143. The van der Waals surface area contributed by atoms with Gasteiger partial charge in [0.05, 0.1) is 17.7 Å². The molecule has 0 spiro atoms. The van der Waals surface area contributed by atoms with Crippen molar-refractivity contribution in [2.45, 2.75) is 12.6 Å². The van der Waals surface area contributed by atoms with E-state index < -0.39 is 18.0 Å². The van der Waals surface area contributed by atoms with E-state index in [2.05, 4.69) is 5.32 Å². The van der Waals surface area contributed by atoms with E-state index in [-0.39, 0.29) is 17.7 Å². The number of benzene rings is 2. The summed E-state index contributed by atoms with van der Waals surface area (Å²) in [5.41, 5.74) is 1.61. The van der Waals surface area contributed by atoms with E-state index >= 15 is 0 Å². The fourth-order valence-electron chi connectivity index (χ4n) is 2.73. The zero-order chi connectivity index (χ0) is 21.0. The van der Waals surface area contributed by atoms with E-state index in [4.69, 9.17) is 27.9 Å². The second kappa shape index (κ2) is 9.39. The van der Waals surface area contributed by atoms with Crippen molar-refractivity contribution in [3.8, 4) is 10.4 Å². The number of nitrogens with one attached hydrogen (secondary N) is 1. The van der Waals surface area contributed by atoms with Crippen molar-refractivity contribution in [1.82, 2.24) is 0 Å². The first-order chi connectivity index (χ1) is 13.9. The standard InChI is InChI=1S/C21H16Cl2FNO3S/c1-28-21(27)18-17(11-29-19(18)12-6-8-14(22)9-7-12)25-20(26)16(24)10-13-4-2-3-5-15(13)23/h2-9,11,16H,10H2,1H3,(H,25,26). The van der Waals surface area contributed by atoms with Crippen molar-refractivity contribution in [3.05, 3.63) is 75.1 Å². The van der Waals surface area contributed by atoms with Gasteiger partial charge < -0.3 is 10.1 Å². The molecule has 4 nitrogen and oxygen atoms in total. The molecule has 1 N–H and O–H groups in total. The summed E-state index contributed by atoms with van der Waals surface area (Å²) in [4.78, 5) is 25.3. The topological polar surface area (TPSA) is 55.4 Å². The first-order valence-electron chi connectivity index (χ1n) is 8.54. The number of hydrogen-bond acceptors (Lipinski definition) is 4. The Morgan fingerprint density at radius 2 is 1.83 bits per heavy atom. The Bertz CT molecular complexity index is 1040. The molecule has 0 saturated carbocycles. The molecule has 1 heterocycles. The van der Waals surface area contributed by atoms with Crippen LogP contribution in [0.4, 0.5) is 10.1 Å². The van der Waals surface area contributed by atoms with E-state index in [1.807, 2.05) is 0 Å². The van der Waals surface area contributed by atoms with Gasteiger partial charge in [-0.2, -0.15) is 0 Å². The largest absolute Gasteiger partial charge is 0.465 e. The molecule has 0 radical (unpaired) electrons. The molecular formula is C21H16Cl2FNO3S. The second-order valence-electron chi connectivity index (χ2n) is 6.10. The molecule has 29 heavy (non-hydrogen) atoms. The minimum Gasteiger partial charge on any atom is -0.465 e. The van der Waals surface area contributed by atoms with E-state index in [1.54, 1.807) is 53.9 Å². The summed E-state index contributed by atoms with van der Waals surface area (Å²) in [7, 11) is 1.24. The predicted molar refractivity (Wildman–Crippen MR) is 115 cm³/mol. The summed E-state index contributed by atoms with van der Waals surface area (Å²) in [6, 6.07) is 13.6. The Hall–Kier alpha value is -2.41. The number of alkyl halides is 1. The maximum Gasteiger partial charge on any atom is 0.341 e. The number of anilines is 1. The molecule has 1 amide bonds. The Balaban J connectivity index is 1.84. The molecule has 150 valence electrons. The molecule has 1 unspecified atom stereocenters. The van der Waals surface area contributed by atoms with Gasteiger partial charge >= 0.3 is 5.97 Å². The molecular weight excluding hydrogens is 436 g/mol. The van der Waals surface area contributed by atoms with Crippen molar-refractivity contribution in [1.29, 1.82) is 0 Å². The molecule has 0 aliphatic rings. The normalized spacial score (nSPS) is 11.7. The minimum absolute atomic E-state index is 0.165. The summed E-state index contributed by atoms with van der Waals surface area (Å²) >= 11 is 13.2. The second-order valence-corrected chi connectivity index (χ2v) is 7.83. The van der Waals surface area contributed by atoms with Crippen LogP contribution in [0.2, 0.25) is 10.0 Å². The van der Waals surface area contributed by atoms with Crippen LogP contribution in [-0.4, -0.2) is 25.2 Å². The fourth-order valence-corrected chi connectivity index (χ4v) is 4.06. The van der Waals surface area contributed by atoms with Gasteiger partial charge in [0.15, 0.2) is 6.17 Å². The lowest BCUT2D eigenvalue weighted by atomic mass is 10.1. The zero-order valence-corrected chi connectivity index (χ0v) is 17.6. The molecule has 3 rings (SSSR count). The number of hydrogen-bond donors (Lipinski definition) is 1. The quantitative estimate of drug-likeness (QED) is 0.465. The molecule has 0 saturated heterocycles. The summed E-state index contributed by atoms with van der Waals surface area (Å²) in [6.07, 6.45) is -2.01. The molecule has 0 aliphatic carbocycles. The van der Waals surface area contributed by atoms with Crippen LogP contribution in [0, 0.1) is 0 Å². The Labute approximate surface area is 181 Å². The van der Waals surface area contributed by atoms with Gasteiger partial charge in [0.1, 0.15) is 5.56 Å². The SMILES string of the molecule is COC(=O)c1c(NC(=O)C(F)Cc2ccccc2Cl)csc1-c1ccc(Cl)cc1. The Kier molecular flexibility index (Phi) is 6.90. The highest BCUT2D eigenvalue weighted by Crippen LogP contribution is 2.37. The number of halogens is 3. The van der Waals surface area contributed by atoms with Crippen molar-refractivity contribution in [2.75, 3.05) is 12.4 Å². The van der Waals surface area contributed by atoms with Crippen molar-refractivity contribution < 1.29 is 18.7 Å². The number of esters is 1. The number of rotatable bonds is 6. The molecule has 1 aromatic heterocycles. The molecule has 3 aromatic rings. The monoisotopic (exact) mass is 451 g/mol. The smallest absolute Gasteiger partial charge is 0.341 e. The first kappa shape index (κ1) is 21.3. The minimum atomic E-state index is -1.83. The highest BCUT2D eigenvalue weighted by molar-refractivity contribution is 7.14. The molecule has 8 heteroatoms. The van der Waals surface area contributed by atoms with Gasteiger partial charge in [0.2, 0.25) is 0 Å². The van der Waals surface area contributed by atoms with Crippen LogP contribution >= 0.6 is 34.5 Å². The van der Waals surface area contributed by atoms with E-state index in [0.29, 0.717) is 20.5 Å². The van der Waals surface area contributed by atoms with Gasteiger partial charge in [-0.1, -0.05) is 53.5 Å². The van der Waals surface area contributed by atoms with Crippen LogP contribution in [0.1, 0.15) is 15.9 Å². The van der Waals surface area contributed by atoms with Crippen molar-refractivity contribution >= 4 is 52.1 Å². The lowest BCUT2D eigenvalue weighted by Crippen LogP contribution is -2.26. The van der Waals surface area contributed by atoms with E-state index in [1.165, 1.54) is 18.4 Å². The van der Waals surface area contributed by atoms with Crippen LogP contribution in [0.5, 0.6) is 0 Å². The summed E-state index contributed by atoms with van der Waals surface area (Å²) in [6.45, 7) is 0. The van der Waals surface area contributed by atoms with Crippen LogP contribution in [0.25, 0.3) is 10.4 Å². The van der Waals surface area contributed by atoms with Gasteiger partial charge in [-0.05, 0) is 29.3 Å². The molecule has 0 bridgehead atoms. The van der Waals surface area contributed by atoms with Gasteiger partial charge in [0.25, 0.3) is 5.91 Å². The van der Waals surface area contributed by atoms with Crippen LogP contribution < -0.4 is 5.32 Å². The van der Waals surface area contributed by atoms with Crippen LogP contribution in [0.3, 0.4) is 0 Å². The summed E-state index contributed by atoms with van der Waals surface area (Å²) < 4.78 is 19.4. The number of thiophene rings is 1. The van der Waals surface area contributed by atoms with E-state index in [9.17, 15) is 14.0 Å². The predicted octanol–water partition coefficient (Wildman–Crippen LogP) is 6.03. The Morgan fingerprint density at radius 1 is 1.14 bits per heavy atom. The number of amides is 1. The Morgan fingerprint density at radius 3 is 2.48 bits per heavy atom.